The van der Waals surface area contributed by atoms with Gasteiger partial charge in [-0.1, -0.05) is 54.0 Å². The zero-order chi connectivity index (χ0) is 17.4. The summed E-state index contributed by atoms with van der Waals surface area (Å²) in [5.74, 6) is 1.71. The predicted octanol–water partition coefficient (Wildman–Crippen LogP) is 6.30. The van der Waals surface area contributed by atoms with E-state index in [1.165, 1.54) is 28.9 Å². The van der Waals surface area contributed by atoms with Crippen LogP contribution in [0.1, 0.15) is 42.1 Å². The molecule has 3 aromatic rings. The maximum Gasteiger partial charge on any atom is 0.170 e. The van der Waals surface area contributed by atoms with Crippen LogP contribution in [0.2, 0.25) is 0 Å². The van der Waals surface area contributed by atoms with Crippen LogP contribution in [-0.2, 0) is 11.2 Å². The highest BCUT2D eigenvalue weighted by Crippen LogP contribution is 2.47. The fourth-order valence-corrected chi connectivity index (χ4v) is 3.96. The van der Waals surface area contributed by atoms with E-state index < -0.39 is 0 Å². The minimum atomic E-state index is 0.439. The van der Waals surface area contributed by atoms with Crippen molar-refractivity contribution in [3.8, 4) is 11.3 Å². The van der Waals surface area contributed by atoms with Gasteiger partial charge in [0.1, 0.15) is 0 Å². The lowest BCUT2D eigenvalue weighted by Crippen LogP contribution is -1.98. The first-order chi connectivity index (χ1) is 12.0. The molecule has 0 atom stereocenters. The van der Waals surface area contributed by atoms with E-state index in [0.717, 1.165) is 28.3 Å². The standard InChI is InChI=1S/C22H23NOS/c1-15-4-6-17(7-5-15)21-16(2)20(23-24-21)14-25-19-10-8-18(9-11-19)22(3)12-13-22/h4-11H,12-14H2,1-3H3. The van der Waals surface area contributed by atoms with Crippen molar-refractivity contribution < 1.29 is 4.52 Å². The molecule has 2 aromatic carbocycles. The van der Waals surface area contributed by atoms with Crippen LogP contribution in [0.3, 0.4) is 0 Å². The van der Waals surface area contributed by atoms with Gasteiger partial charge in [-0.25, -0.2) is 0 Å². The molecule has 1 saturated carbocycles. The average Bonchev–Trinajstić information content (AvgIpc) is 3.27. The lowest BCUT2D eigenvalue weighted by molar-refractivity contribution is 0.426. The number of rotatable bonds is 5. The molecule has 0 unspecified atom stereocenters. The predicted molar refractivity (Wildman–Crippen MR) is 104 cm³/mol. The lowest BCUT2D eigenvalue weighted by atomic mass is 9.99. The van der Waals surface area contributed by atoms with Crippen LogP contribution in [0.25, 0.3) is 11.3 Å². The van der Waals surface area contributed by atoms with Crippen LogP contribution in [0.4, 0.5) is 0 Å². The van der Waals surface area contributed by atoms with Gasteiger partial charge in [0, 0.05) is 21.8 Å². The third-order valence-electron chi connectivity index (χ3n) is 5.26. The van der Waals surface area contributed by atoms with Gasteiger partial charge in [0.2, 0.25) is 0 Å². The van der Waals surface area contributed by atoms with Crippen LogP contribution in [0.15, 0.2) is 57.9 Å². The second-order valence-electron chi connectivity index (χ2n) is 7.32. The van der Waals surface area contributed by atoms with E-state index in [-0.39, 0.29) is 0 Å². The molecule has 3 heteroatoms. The van der Waals surface area contributed by atoms with E-state index in [4.69, 9.17) is 4.52 Å². The molecule has 0 amide bonds. The highest BCUT2D eigenvalue weighted by Gasteiger charge is 2.38. The summed E-state index contributed by atoms with van der Waals surface area (Å²) in [7, 11) is 0. The van der Waals surface area contributed by atoms with Crippen molar-refractivity contribution in [1.29, 1.82) is 0 Å². The second kappa shape index (κ2) is 6.38. The van der Waals surface area contributed by atoms with Crippen molar-refractivity contribution in [2.24, 2.45) is 0 Å². The van der Waals surface area contributed by atoms with E-state index in [1.807, 2.05) is 11.8 Å². The zero-order valence-corrected chi connectivity index (χ0v) is 15.8. The van der Waals surface area contributed by atoms with E-state index in [2.05, 4.69) is 74.5 Å². The molecule has 0 spiro atoms. The smallest absolute Gasteiger partial charge is 0.170 e. The summed E-state index contributed by atoms with van der Waals surface area (Å²) in [6, 6.07) is 17.4. The minimum absolute atomic E-state index is 0.439. The number of thioether (sulfide) groups is 1. The van der Waals surface area contributed by atoms with Crippen molar-refractivity contribution in [3.05, 3.63) is 70.9 Å². The van der Waals surface area contributed by atoms with E-state index in [9.17, 15) is 0 Å². The van der Waals surface area contributed by atoms with Gasteiger partial charge in [0.05, 0.1) is 5.69 Å². The molecule has 1 fully saturated rings. The number of aryl methyl sites for hydroxylation is 1. The maximum absolute atomic E-state index is 5.62. The summed E-state index contributed by atoms with van der Waals surface area (Å²) < 4.78 is 5.62. The van der Waals surface area contributed by atoms with Gasteiger partial charge in [-0.15, -0.1) is 11.8 Å². The summed E-state index contributed by atoms with van der Waals surface area (Å²) in [6.07, 6.45) is 2.64. The minimum Gasteiger partial charge on any atom is -0.356 e. The Morgan fingerprint density at radius 2 is 1.68 bits per heavy atom. The summed E-state index contributed by atoms with van der Waals surface area (Å²) >= 11 is 1.82. The van der Waals surface area contributed by atoms with Gasteiger partial charge in [-0.3, -0.25) is 0 Å². The third-order valence-corrected chi connectivity index (χ3v) is 6.28. The van der Waals surface area contributed by atoms with Crippen LogP contribution in [-0.4, -0.2) is 5.16 Å². The monoisotopic (exact) mass is 349 g/mol. The molecule has 0 bridgehead atoms. The first kappa shape index (κ1) is 16.5. The molecule has 0 N–H and O–H groups in total. The molecule has 1 heterocycles. The van der Waals surface area contributed by atoms with Gasteiger partial charge in [0.15, 0.2) is 5.76 Å². The van der Waals surface area contributed by atoms with Crippen LogP contribution < -0.4 is 0 Å². The molecule has 1 aliphatic rings. The fourth-order valence-electron chi connectivity index (χ4n) is 3.06. The molecule has 4 rings (SSSR count). The zero-order valence-electron chi connectivity index (χ0n) is 15.0. The average molecular weight is 349 g/mol. The Morgan fingerprint density at radius 3 is 2.32 bits per heavy atom. The van der Waals surface area contributed by atoms with Crippen molar-refractivity contribution >= 4 is 11.8 Å². The molecule has 0 aliphatic heterocycles. The number of hydrogen-bond donors (Lipinski definition) is 0. The molecule has 0 saturated heterocycles. The van der Waals surface area contributed by atoms with E-state index in [1.54, 1.807) is 0 Å². The first-order valence-electron chi connectivity index (χ1n) is 8.81. The van der Waals surface area contributed by atoms with Gasteiger partial charge in [-0.05, 0) is 49.8 Å². The Labute approximate surface area is 153 Å². The number of nitrogens with zero attached hydrogens (tertiary/aromatic N) is 1. The molecule has 0 radical (unpaired) electrons. The highest BCUT2D eigenvalue weighted by atomic mass is 32.2. The molecular weight excluding hydrogens is 326 g/mol. The molecule has 1 aliphatic carbocycles. The number of benzene rings is 2. The van der Waals surface area contributed by atoms with E-state index in [0.29, 0.717) is 5.41 Å². The van der Waals surface area contributed by atoms with Gasteiger partial charge in [-0.2, -0.15) is 0 Å². The maximum atomic E-state index is 5.62. The Kier molecular flexibility index (Phi) is 4.20. The normalized spacial score (nSPS) is 15.3. The van der Waals surface area contributed by atoms with E-state index >= 15 is 0 Å². The number of hydrogen-bond acceptors (Lipinski definition) is 3. The quantitative estimate of drug-likeness (QED) is 0.505. The molecule has 25 heavy (non-hydrogen) atoms. The molecule has 128 valence electrons. The largest absolute Gasteiger partial charge is 0.356 e. The topological polar surface area (TPSA) is 26.0 Å². The van der Waals surface area contributed by atoms with Crippen molar-refractivity contribution in [2.75, 3.05) is 0 Å². The Morgan fingerprint density at radius 1 is 1.00 bits per heavy atom. The Hall–Kier alpha value is -2.00. The fraction of sp³-hybridized carbons (Fsp3) is 0.318. The summed E-state index contributed by atoms with van der Waals surface area (Å²) in [6.45, 7) is 6.53. The Balaban J connectivity index is 1.45. The SMILES string of the molecule is Cc1ccc(-c2onc(CSc3ccc(C4(C)CC4)cc3)c2C)cc1. The highest BCUT2D eigenvalue weighted by molar-refractivity contribution is 7.98. The Bertz CT molecular complexity index is 873. The van der Waals surface area contributed by atoms with Crippen molar-refractivity contribution in [3.63, 3.8) is 0 Å². The van der Waals surface area contributed by atoms with Crippen molar-refractivity contribution in [1.82, 2.24) is 5.16 Å². The molecule has 1 aromatic heterocycles. The summed E-state index contributed by atoms with van der Waals surface area (Å²) in [5.41, 5.74) is 6.41. The number of aromatic nitrogens is 1. The second-order valence-corrected chi connectivity index (χ2v) is 8.37. The van der Waals surface area contributed by atoms with Crippen LogP contribution in [0.5, 0.6) is 0 Å². The van der Waals surface area contributed by atoms with Gasteiger partial charge >= 0.3 is 0 Å². The van der Waals surface area contributed by atoms with Gasteiger partial charge in [0.25, 0.3) is 0 Å². The third kappa shape index (κ3) is 3.38. The lowest BCUT2D eigenvalue weighted by Gasteiger charge is -2.09. The molecular formula is C22H23NOS. The summed E-state index contributed by atoms with van der Waals surface area (Å²) in [5, 5.41) is 4.30. The summed E-state index contributed by atoms with van der Waals surface area (Å²) in [4.78, 5) is 1.28. The molecule has 2 nitrogen and oxygen atoms in total. The van der Waals surface area contributed by atoms with Crippen LogP contribution >= 0.6 is 11.8 Å². The van der Waals surface area contributed by atoms with Crippen molar-refractivity contribution in [2.45, 2.75) is 49.7 Å². The first-order valence-corrected chi connectivity index (χ1v) is 9.79. The van der Waals surface area contributed by atoms with Gasteiger partial charge < -0.3 is 4.52 Å². The van der Waals surface area contributed by atoms with Crippen LogP contribution in [0, 0.1) is 13.8 Å².